The number of likely N-dealkylation sites (tertiary alicyclic amines) is 1. The number of aliphatic hydroxyl groups excluding tert-OH is 1. The van der Waals surface area contributed by atoms with Gasteiger partial charge in [0.1, 0.15) is 42.0 Å². The van der Waals surface area contributed by atoms with Crippen molar-refractivity contribution in [1.82, 2.24) is 36.8 Å². The number of aliphatic hydroxyl groups is 1. The SMILES string of the molecule is CC[C@H](C)[C@H](NC(=O)[C@@H](N)Cc1ccc(O)cc1)C(=O)N[C@H](C(=O)N[C@@H](CC(N)=O)C(=O)N[C@@H](CS)C(=O)N1CCC[C@H]1C(=O)N[C@@H](CCCN)C(=O)NCC(N)=O)[C@@H](C)O. The van der Waals surface area contributed by atoms with Crippen LogP contribution in [-0.2, 0) is 49.6 Å². The van der Waals surface area contributed by atoms with Crippen LogP contribution in [0.5, 0.6) is 5.75 Å². The summed E-state index contributed by atoms with van der Waals surface area (Å²) in [6.45, 7) is 4.45. The molecule has 1 heterocycles. The van der Waals surface area contributed by atoms with Crippen molar-refractivity contribution in [2.75, 3.05) is 25.4 Å². The van der Waals surface area contributed by atoms with Crippen molar-refractivity contribution in [2.45, 2.75) is 114 Å². The zero-order chi connectivity index (χ0) is 46.0. The van der Waals surface area contributed by atoms with Crippen LogP contribution >= 0.6 is 12.6 Å². The number of primary amides is 2. The summed E-state index contributed by atoms with van der Waals surface area (Å²) in [5.41, 5.74) is 22.8. The third kappa shape index (κ3) is 16.5. The second kappa shape index (κ2) is 25.3. The van der Waals surface area contributed by atoms with E-state index in [0.29, 0.717) is 24.8 Å². The van der Waals surface area contributed by atoms with E-state index in [1.54, 1.807) is 26.0 Å². The molecule has 1 saturated heterocycles. The molecule has 1 aliphatic heterocycles. The maximum Gasteiger partial charge on any atom is 0.246 e. The molecular weight excluding hydrogens is 819 g/mol. The summed E-state index contributed by atoms with van der Waals surface area (Å²) in [4.78, 5) is 118. The molecule has 9 atom stereocenters. The van der Waals surface area contributed by atoms with Crippen molar-refractivity contribution in [1.29, 1.82) is 0 Å². The first-order chi connectivity index (χ1) is 28.7. The predicted molar refractivity (Wildman–Crippen MR) is 223 cm³/mol. The van der Waals surface area contributed by atoms with Gasteiger partial charge in [0.25, 0.3) is 0 Å². The lowest BCUT2D eigenvalue weighted by Gasteiger charge is -2.31. The number of carbonyl (C=O) groups is 9. The van der Waals surface area contributed by atoms with Crippen LogP contribution in [0.1, 0.15) is 64.9 Å². The minimum absolute atomic E-state index is 0.0274. The lowest BCUT2D eigenvalue weighted by atomic mass is 9.96. The van der Waals surface area contributed by atoms with Crippen LogP contribution in [0, 0.1) is 5.92 Å². The van der Waals surface area contributed by atoms with Crippen LogP contribution in [0.4, 0.5) is 0 Å². The molecule has 1 fully saturated rings. The molecule has 0 unspecified atom stereocenters. The monoisotopic (exact) mass is 879 g/mol. The van der Waals surface area contributed by atoms with Gasteiger partial charge in [-0.05, 0) is 69.2 Å². The number of carbonyl (C=O) groups excluding carboxylic acids is 9. The molecule has 1 aliphatic rings. The highest BCUT2D eigenvalue weighted by Crippen LogP contribution is 2.20. The van der Waals surface area contributed by atoms with E-state index in [1.807, 2.05) is 0 Å². The number of amides is 9. The van der Waals surface area contributed by atoms with E-state index >= 15 is 0 Å². The number of hydrogen-bond acceptors (Lipinski definition) is 14. The quantitative estimate of drug-likeness (QED) is 0.0411. The number of rotatable bonds is 25. The Morgan fingerprint density at radius 3 is 1.98 bits per heavy atom. The molecule has 0 bridgehead atoms. The Balaban J connectivity index is 2.20. The lowest BCUT2D eigenvalue weighted by Crippen LogP contribution is -2.62. The third-order valence-corrected chi connectivity index (χ3v) is 10.4. The van der Waals surface area contributed by atoms with Crippen molar-refractivity contribution in [3.8, 4) is 5.75 Å². The van der Waals surface area contributed by atoms with Crippen LogP contribution in [0.2, 0.25) is 0 Å². The van der Waals surface area contributed by atoms with Crippen molar-refractivity contribution in [3.05, 3.63) is 29.8 Å². The van der Waals surface area contributed by atoms with Crippen LogP contribution in [0.15, 0.2) is 24.3 Å². The minimum atomic E-state index is -1.72. The van der Waals surface area contributed by atoms with Crippen LogP contribution in [0.3, 0.4) is 0 Å². The van der Waals surface area contributed by atoms with E-state index < -0.39 is 120 Å². The average Bonchev–Trinajstić information content (AvgIpc) is 3.71. The van der Waals surface area contributed by atoms with Gasteiger partial charge in [0.15, 0.2) is 0 Å². The molecule has 0 radical (unpaired) electrons. The van der Waals surface area contributed by atoms with E-state index in [-0.39, 0.29) is 43.9 Å². The number of thiol groups is 1. The molecule has 2 rings (SSSR count). The van der Waals surface area contributed by atoms with Gasteiger partial charge >= 0.3 is 0 Å². The number of phenolic OH excluding ortho intramolecular Hbond substituents is 1. The fourth-order valence-corrected chi connectivity index (χ4v) is 6.63. The lowest BCUT2D eigenvalue weighted by molar-refractivity contribution is -0.142. The number of benzene rings is 1. The van der Waals surface area contributed by atoms with Crippen molar-refractivity contribution in [2.24, 2.45) is 28.9 Å². The van der Waals surface area contributed by atoms with E-state index in [4.69, 9.17) is 22.9 Å². The number of nitrogens with zero attached hydrogens (tertiary/aromatic N) is 1. The summed E-state index contributed by atoms with van der Waals surface area (Å²) in [6.07, 6.45) is -0.795. The molecule has 1 aromatic carbocycles. The summed E-state index contributed by atoms with van der Waals surface area (Å²) in [5.74, 6) is -8.40. The molecule has 0 spiro atoms. The molecule has 0 saturated carbocycles. The number of hydrogen-bond donors (Lipinski definition) is 13. The molecule has 0 aromatic heterocycles. The van der Waals surface area contributed by atoms with Crippen LogP contribution < -0.4 is 54.8 Å². The van der Waals surface area contributed by atoms with Crippen molar-refractivity contribution in [3.63, 3.8) is 0 Å². The maximum absolute atomic E-state index is 13.8. The first kappa shape index (κ1) is 51.6. The van der Waals surface area contributed by atoms with E-state index in [0.717, 1.165) is 0 Å². The van der Waals surface area contributed by atoms with E-state index in [2.05, 4.69) is 44.5 Å². The molecular formula is C38H61N11O11S. The van der Waals surface area contributed by atoms with Crippen molar-refractivity contribution < 1.29 is 53.4 Å². The van der Waals surface area contributed by atoms with Crippen molar-refractivity contribution >= 4 is 65.8 Å². The zero-order valence-corrected chi connectivity index (χ0v) is 35.5. The van der Waals surface area contributed by atoms with Gasteiger partial charge in [-0.3, -0.25) is 43.2 Å². The fourth-order valence-electron chi connectivity index (χ4n) is 6.38. The zero-order valence-electron chi connectivity index (χ0n) is 34.6. The Labute approximate surface area is 359 Å². The second-order valence-electron chi connectivity index (χ2n) is 14.9. The smallest absolute Gasteiger partial charge is 0.246 e. The topological polar surface area (TPSA) is 374 Å². The predicted octanol–water partition coefficient (Wildman–Crippen LogP) is -4.75. The van der Waals surface area contributed by atoms with Gasteiger partial charge in [-0.25, -0.2) is 0 Å². The fraction of sp³-hybridized carbons (Fsp3) is 0.605. The van der Waals surface area contributed by atoms with Gasteiger partial charge in [0.2, 0.25) is 53.2 Å². The Bertz CT molecular complexity index is 1720. The molecule has 9 amide bonds. The molecule has 23 heteroatoms. The van der Waals surface area contributed by atoms with Gasteiger partial charge in [0, 0.05) is 12.3 Å². The Hall–Kier alpha value is -5.52. The standard InChI is InChI=1S/C38H61N11O11S/c1-4-19(2)30(47-32(54)23(40)15-21-9-11-22(51)12-10-21)36(58)48-31(20(3)50)37(59)45-25(16-28(41)52)34(56)46-26(18-61)38(60)49-14-6-8-27(49)35(57)44-24(7-5-13-39)33(55)43-17-29(42)53/h9-12,19-20,23-27,30-31,50-51,61H,4-8,13-18,39-40H2,1-3H3,(H2,41,52)(H2,42,53)(H,43,55)(H,44,57)(H,45,59)(H,46,56)(H,47,54)(H,48,58)/t19-,20+,23-,24-,25-,26-,27-,30-,31-/m0/s1. The number of nitrogens with two attached hydrogens (primary N) is 4. The van der Waals surface area contributed by atoms with Gasteiger partial charge in [-0.1, -0.05) is 32.4 Å². The molecule has 16 N–H and O–H groups in total. The molecule has 61 heavy (non-hydrogen) atoms. The summed E-state index contributed by atoms with van der Waals surface area (Å²) in [5, 5.41) is 34.8. The van der Waals surface area contributed by atoms with E-state index in [1.165, 1.54) is 24.0 Å². The Morgan fingerprint density at radius 2 is 1.43 bits per heavy atom. The van der Waals surface area contributed by atoms with Crippen LogP contribution in [0.25, 0.3) is 0 Å². The number of phenols is 1. The highest BCUT2D eigenvalue weighted by Gasteiger charge is 2.40. The average molecular weight is 880 g/mol. The first-order valence-corrected chi connectivity index (χ1v) is 20.6. The van der Waals surface area contributed by atoms with E-state index in [9.17, 15) is 53.4 Å². The van der Waals surface area contributed by atoms with Crippen LogP contribution in [-0.4, -0.2) is 142 Å². The maximum atomic E-state index is 13.8. The largest absolute Gasteiger partial charge is 0.508 e. The third-order valence-electron chi connectivity index (χ3n) is 10.0. The molecule has 0 aliphatic carbocycles. The Kier molecular flexibility index (Phi) is 21.4. The number of aromatic hydroxyl groups is 1. The molecule has 1 aromatic rings. The minimum Gasteiger partial charge on any atom is -0.508 e. The second-order valence-corrected chi connectivity index (χ2v) is 15.3. The first-order valence-electron chi connectivity index (χ1n) is 19.9. The molecule has 22 nitrogen and oxygen atoms in total. The van der Waals surface area contributed by atoms with Gasteiger partial charge in [0.05, 0.1) is 25.1 Å². The molecule has 340 valence electrons. The highest BCUT2D eigenvalue weighted by molar-refractivity contribution is 7.80. The summed E-state index contributed by atoms with van der Waals surface area (Å²) in [6, 6.07) is -3.27. The summed E-state index contributed by atoms with van der Waals surface area (Å²) in [7, 11) is 0. The Morgan fingerprint density at radius 1 is 0.820 bits per heavy atom. The summed E-state index contributed by atoms with van der Waals surface area (Å²) >= 11 is 4.21. The van der Waals surface area contributed by atoms with Gasteiger partial charge in [-0.15, -0.1) is 0 Å². The summed E-state index contributed by atoms with van der Waals surface area (Å²) < 4.78 is 0. The van der Waals surface area contributed by atoms with Gasteiger partial charge in [-0.2, -0.15) is 12.6 Å². The number of nitrogens with one attached hydrogen (secondary N) is 6. The highest BCUT2D eigenvalue weighted by atomic mass is 32.1. The normalized spacial score (nSPS) is 17.5. The van der Waals surface area contributed by atoms with Gasteiger partial charge < -0.3 is 69.9 Å².